The van der Waals surface area contributed by atoms with Gasteiger partial charge in [0.1, 0.15) is 5.75 Å². The van der Waals surface area contributed by atoms with E-state index in [2.05, 4.69) is 39.3 Å². The lowest BCUT2D eigenvalue weighted by molar-refractivity contribution is 0.0973. The molecule has 1 aromatic heterocycles. The summed E-state index contributed by atoms with van der Waals surface area (Å²) in [5.74, 6) is -0.479. The Morgan fingerprint density at radius 2 is 2.19 bits per heavy atom. The topological polar surface area (TPSA) is 91.0 Å². The third-order valence-corrected chi connectivity index (χ3v) is 4.34. The minimum Gasteiger partial charge on any atom is -0.507 e. The summed E-state index contributed by atoms with van der Waals surface area (Å²) >= 11 is 6.01. The third-order valence-electron chi connectivity index (χ3n) is 4.13. The van der Waals surface area contributed by atoms with Gasteiger partial charge in [0.05, 0.1) is 17.2 Å². The van der Waals surface area contributed by atoms with Crippen LogP contribution in [0.1, 0.15) is 24.2 Å². The summed E-state index contributed by atoms with van der Waals surface area (Å²) in [6.45, 7) is 12.8. The first-order valence-corrected chi connectivity index (χ1v) is 8.62. The number of pyridine rings is 1. The SMILES string of the molecule is [C-]#[N+]c1ccc(O)c(C(=O)NC2=NCC(C)(C)CN2)c1-c1cncc(Cl)c1. The standard InChI is InChI=1S/C19H18ClN5O2/c1-19(2)9-23-18(24-10-19)25-17(27)16-14(26)5-4-13(21-3)15(16)11-6-12(20)8-22-7-11/h4-8,26H,9-10H2,1-2H3,(H2,23,24,25,27). The van der Waals surface area contributed by atoms with Crippen molar-refractivity contribution in [1.29, 1.82) is 0 Å². The first-order chi connectivity index (χ1) is 12.8. The van der Waals surface area contributed by atoms with Gasteiger partial charge in [-0.2, -0.15) is 0 Å². The fourth-order valence-electron chi connectivity index (χ4n) is 2.73. The maximum Gasteiger partial charge on any atom is 0.261 e. The molecule has 2 heterocycles. The normalized spacial score (nSPS) is 15.3. The highest BCUT2D eigenvalue weighted by molar-refractivity contribution is 6.30. The predicted octanol–water partition coefficient (Wildman–Crippen LogP) is 3.37. The highest BCUT2D eigenvalue weighted by atomic mass is 35.5. The average molecular weight is 384 g/mol. The van der Waals surface area contributed by atoms with Crippen LogP contribution < -0.4 is 10.6 Å². The molecule has 0 bridgehead atoms. The molecule has 1 aliphatic heterocycles. The van der Waals surface area contributed by atoms with Crippen LogP contribution in [0.15, 0.2) is 35.6 Å². The Bertz CT molecular complexity index is 979. The van der Waals surface area contributed by atoms with Gasteiger partial charge in [-0.3, -0.25) is 20.1 Å². The summed E-state index contributed by atoms with van der Waals surface area (Å²) in [5.41, 5.74) is 0.921. The number of nitrogens with zero attached hydrogens (tertiary/aromatic N) is 3. The van der Waals surface area contributed by atoms with Crippen molar-refractivity contribution in [2.75, 3.05) is 13.1 Å². The second-order valence-electron chi connectivity index (χ2n) is 6.99. The number of aliphatic imine (C=N–C) groups is 1. The molecule has 0 aliphatic carbocycles. The molecule has 7 nitrogen and oxygen atoms in total. The molecule has 3 N–H and O–H groups in total. The first-order valence-electron chi connectivity index (χ1n) is 8.25. The van der Waals surface area contributed by atoms with E-state index < -0.39 is 5.91 Å². The van der Waals surface area contributed by atoms with Crippen LogP contribution in [-0.4, -0.2) is 35.0 Å². The zero-order valence-corrected chi connectivity index (χ0v) is 15.6. The van der Waals surface area contributed by atoms with Gasteiger partial charge in [-0.15, -0.1) is 0 Å². The van der Waals surface area contributed by atoms with E-state index in [1.165, 1.54) is 24.5 Å². The number of carbonyl (C=O) groups is 1. The van der Waals surface area contributed by atoms with Crippen molar-refractivity contribution in [3.05, 3.63) is 52.6 Å². The molecule has 0 saturated heterocycles. The molecule has 0 fully saturated rings. The second kappa shape index (κ2) is 7.25. The number of amides is 1. The summed E-state index contributed by atoms with van der Waals surface area (Å²) in [4.78, 5) is 24.7. The van der Waals surface area contributed by atoms with Gasteiger partial charge < -0.3 is 10.4 Å². The lowest BCUT2D eigenvalue weighted by Gasteiger charge is -2.29. The third kappa shape index (κ3) is 4.01. The summed E-state index contributed by atoms with van der Waals surface area (Å²) in [5, 5.41) is 16.4. The molecule has 8 heteroatoms. The number of hydrogen-bond acceptors (Lipinski definition) is 5. The molecule has 0 radical (unpaired) electrons. The van der Waals surface area contributed by atoms with E-state index in [0.29, 0.717) is 29.6 Å². The highest BCUT2D eigenvalue weighted by Crippen LogP contribution is 2.38. The summed E-state index contributed by atoms with van der Waals surface area (Å²) < 4.78 is 0. The number of rotatable bonds is 2. The van der Waals surface area contributed by atoms with Crippen LogP contribution in [0.2, 0.25) is 5.02 Å². The summed E-state index contributed by atoms with van der Waals surface area (Å²) in [6.07, 6.45) is 2.94. The Morgan fingerprint density at radius 1 is 1.41 bits per heavy atom. The van der Waals surface area contributed by atoms with Gasteiger partial charge in [-0.05, 0) is 17.7 Å². The van der Waals surface area contributed by atoms with E-state index in [-0.39, 0.29) is 28.0 Å². The van der Waals surface area contributed by atoms with Crippen LogP contribution in [0.25, 0.3) is 16.0 Å². The van der Waals surface area contributed by atoms with Gasteiger partial charge >= 0.3 is 0 Å². The van der Waals surface area contributed by atoms with Crippen molar-refractivity contribution in [2.45, 2.75) is 13.8 Å². The largest absolute Gasteiger partial charge is 0.507 e. The number of phenols is 1. The number of phenolic OH excluding ortho intramolecular Hbond substituents is 1. The van der Waals surface area contributed by atoms with Gasteiger partial charge in [-0.1, -0.05) is 31.5 Å². The number of halogens is 1. The molecule has 138 valence electrons. The van der Waals surface area contributed by atoms with E-state index >= 15 is 0 Å². The van der Waals surface area contributed by atoms with Gasteiger partial charge in [0, 0.05) is 36.5 Å². The van der Waals surface area contributed by atoms with Gasteiger partial charge in [0.25, 0.3) is 5.91 Å². The Morgan fingerprint density at radius 3 is 2.81 bits per heavy atom. The molecule has 0 saturated carbocycles. The monoisotopic (exact) mass is 383 g/mol. The van der Waals surface area contributed by atoms with Crippen molar-refractivity contribution in [2.24, 2.45) is 10.4 Å². The van der Waals surface area contributed by atoms with Gasteiger partial charge in [0.15, 0.2) is 11.6 Å². The molecular weight excluding hydrogens is 366 g/mol. The molecule has 27 heavy (non-hydrogen) atoms. The molecule has 1 aliphatic rings. The predicted molar refractivity (Wildman–Crippen MR) is 104 cm³/mol. The summed E-state index contributed by atoms with van der Waals surface area (Å²) in [6, 6.07) is 4.37. The first kappa shape index (κ1) is 18.7. The molecule has 0 spiro atoms. The van der Waals surface area contributed by atoms with E-state index in [1.807, 2.05) is 0 Å². The van der Waals surface area contributed by atoms with E-state index in [9.17, 15) is 9.90 Å². The second-order valence-corrected chi connectivity index (χ2v) is 7.43. The lowest BCUT2D eigenvalue weighted by Crippen LogP contribution is -2.49. The molecule has 1 aromatic carbocycles. The minimum atomic E-state index is -0.570. The number of aromatic nitrogens is 1. The van der Waals surface area contributed by atoms with Crippen molar-refractivity contribution in [3.63, 3.8) is 0 Å². The highest BCUT2D eigenvalue weighted by Gasteiger charge is 2.26. The zero-order valence-electron chi connectivity index (χ0n) is 14.9. The number of carbonyl (C=O) groups excluding carboxylic acids is 1. The Kier molecular flexibility index (Phi) is 5.02. The molecule has 1 amide bonds. The lowest BCUT2D eigenvalue weighted by atomic mass is 9.93. The van der Waals surface area contributed by atoms with E-state index in [0.717, 1.165) is 0 Å². The number of hydrogen-bond donors (Lipinski definition) is 3. The number of benzene rings is 1. The Labute approximate surface area is 161 Å². The number of aromatic hydroxyl groups is 1. The van der Waals surface area contributed by atoms with Crippen LogP contribution in [-0.2, 0) is 0 Å². The van der Waals surface area contributed by atoms with E-state index in [4.69, 9.17) is 18.2 Å². The smallest absolute Gasteiger partial charge is 0.261 e. The van der Waals surface area contributed by atoms with Crippen molar-refractivity contribution >= 4 is 29.2 Å². The number of guanidine groups is 1. The zero-order chi connectivity index (χ0) is 19.6. The molecule has 3 rings (SSSR count). The maximum atomic E-state index is 12.9. The fourth-order valence-corrected chi connectivity index (χ4v) is 2.90. The van der Waals surface area contributed by atoms with Crippen molar-refractivity contribution in [1.82, 2.24) is 15.6 Å². The quantitative estimate of drug-likeness (QED) is 0.693. The molecule has 0 unspecified atom stereocenters. The maximum absolute atomic E-state index is 12.9. The van der Waals surface area contributed by atoms with Crippen molar-refractivity contribution in [3.8, 4) is 16.9 Å². The van der Waals surface area contributed by atoms with E-state index in [1.54, 1.807) is 6.07 Å². The van der Waals surface area contributed by atoms with Crippen LogP contribution in [0.3, 0.4) is 0 Å². The Hall–Kier alpha value is -3.11. The minimum absolute atomic E-state index is 0.00198. The van der Waals surface area contributed by atoms with Gasteiger partial charge in [0.2, 0.25) is 0 Å². The number of nitrogens with one attached hydrogen (secondary N) is 2. The molecular formula is C19H18ClN5O2. The van der Waals surface area contributed by atoms with Crippen LogP contribution in [0.4, 0.5) is 5.69 Å². The van der Waals surface area contributed by atoms with Crippen LogP contribution in [0, 0.1) is 12.0 Å². The fraction of sp³-hybridized carbons (Fsp3) is 0.263. The molecule has 2 aromatic rings. The average Bonchev–Trinajstić information content (AvgIpc) is 2.63. The van der Waals surface area contributed by atoms with Gasteiger partial charge in [-0.25, -0.2) is 4.85 Å². The van der Waals surface area contributed by atoms with Crippen molar-refractivity contribution < 1.29 is 9.90 Å². The van der Waals surface area contributed by atoms with Crippen LogP contribution in [0.5, 0.6) is 5.75 Å². The Balaban J connectivity index is 2.04. The molecule has 0 atom stereocenters. The summed E-state index contributed by atoms with van der Waals surface area (Å²) in [7, 11) is 0. The van der Waals surface area contributed by atoms with Crippen LogP contribution >= 0.6 is 11.6 Å².